The maximum Gasteiger partial charge on any atom is 0.220 e. The summed E-state index contributed by atoms with van der Waals surface area (Å²) in [7, 11) is 1.52. The van der Waals surface area contributed by atoms with E-state index in [1.165, 1.54) is 7.11 Å². The molecule has 1 atom stereocenters. The van der Waals surface area contributed by atoms with Crippen LogP contribution in [0.2, 0.25) is 5.02 Å². The van der Waals surface area contributed by atoms with Crippen molar-refractivity contribution in [3.8, 4) is 5.75 Å². The first-order chi connectivity index (χ1) is 11.5. The van der Waals surface area contributed by atoms with Crippen LogP contribution in [0.25, 0.3) is 0 Å². The number of aromatic nitrogens is 2. The third-order valence-corrected chi connectivity index (χ3v) is 3.72. The summed E-state index contributed by atoms with van der Waals surface area (Å²) >= 11 is 5.94. The van der Waals surface area contributed by atoms with E-state index in [0.717, 1.165) is 5.69 Å². The third kappa shape index (κ3) is 5.18. The smallest absolute Gasteiger partial charge is 0.220 e. The van der Waals surface area contributed by atoms with Gasteiger partial charge in [0.1, 0.15) is 11.6 Å². The minimum absolute atomic E-state index is 0.0817. The lowest BCUT2D eigenvalue weighted by atomic mass is 10.1. The van der Waals surface area contributed by atoms with Crippen LogP contribution in [0.1, 0.15) is 29.6 Å². The molecular formula is C17H20ClN3O3. The van der Waals surface area contributed by atoms with Crippen LogP contribution in [-0.4, -0.2) is 34.6 Å². The minimum Gasteiger partial charge on any atom is -0.496 e. The van der Waals surface area contributed by atoms with Crippen molar-refractivity contribution in [2.24, 2.45) is 0 Å². The molecule has 0 radical (unpaired) electrons. The average Bonchev–Trinajstić information content (AvgIpc) is 2.58. The zero-order valence-electron chi connectivity index (χ0n) is 13.6. The molecule has 2 rings (SSSR count). The molecule has 2 N–H and O–H groups in total. The van der Waals surface area contributed by atoms with E-state index in [1.807, 2.05) is 0 Å². The van der Waals surface area contributed by atoms with Crippen molar-refractivity contribution in [2.45, 2.75) is 25.9 Å². The average molecular weight is 350 g/mol. The molecule has 0 aliphatic carbocycles. The van der Waals surface area contributed by atoms with E-state index in [4.69, 9.17) is 16.3 Å². The fourth-order valence-corrected chi connectivity index (χ4v) is 2.44. The second kappa shape index (κ2) is 8.61. The molecule has 0 fully saturated rings. The van der Waals surface area contributed by atoms with Gasteiger partial charge in [-0.3, -0.25) is 4.79 Å². The Kier molecular flexibility index (Phi) is 6.52. The van der Waals surface area contributed by atoms with Gasteiger partial charge in [0.15, 0.2) is 0 Å². The van der Waals surface area contributed by atoms with E-state index >= 15 is 0 Å². The number of carbonyl (C=O) groups is 1. The Balaban J connectivity index is 1.86. The van der Waals surface area contributed by atoms with Crippen LogP contribution in [0.4, 0.5) is 0 Å². The lowest BCUT2D eigenvalue weighted by Crippen LogP contribution is -2.28. The second-order valence-electron chi connectivity index (χ2n) is 5.30. The first-order valence-corrected chi connectivity index (χ1v) is 7.94. The van der Waals surface area contributed by atoms with Crippen LogP contribution >= 0.6 is 11.6 Å². The SMILES string of the molecule is COc1ccc(Cl)cc1C(O)CNC(=O)CCc1ccnc(C)n1. The normalized spacial score (nSPS) is 11.8. The molecule has 6 nitrogen and oxygen atoms in total. The van der Waals surface area contributed by atoms with Crippen molar-refractivity contribution in [3.63, 3.8) is 0 Å². The number of amides is 1. The van der Waals surface area contributed by atoms with Gasteiger partial charge in [-0.25, -0.2) is 9.97 Å². The number of aryl methyl sites for hydroxylation is 2. The third-order valence-electron chi connectivity index (χ3n) is 3.49. The number of hydrogen-bond donors (Lipinski definition) is 2. The largest absolute Gasteiger partial charge is 0.496 e. The number of benzene rings is 1. The molecule has 0 saturated carbocycles. The summed E-state index contributed by atoms with van der Waals surface area (Å²) in [5.41, 5.74) is 1.35. The lowest BCUT2D eigenvalue weighted by molar-refractivity contribution is -0.121. The van der Waals surface area contributed by atoms with Gasteiger partial charge in [-0.15, -0.1) is 0 Å². The molecule has 2 aromatic rings. The van der Waals surface area contributed by atoms with E-state index < -0.39 is 6.10 Å². The summed E-state index contributed by atoms with van der Waals surface area (Å²) in [4.78, 5) is 20.2. The number of carbonyl (C=O) groups excluding carboxylic acids is 1. The number of nitrogens with one attached hydrogen (secondary N) is 1. The Bertz CT molecular complexity index is 709. The number of ether oxygens (including phenoxy) is 1. The van der Waals surface area contributed by atoms with Crippen molar-refractivity contribution >= 4 is 17.5 Å². The van der Waals surface area contributed by atoms with Gasteiger partial charge in [-0.2, -0.15) is 0 Å². The standard InChI is InChI=1S/C17H20ClN3O3/c1-11-19-8-7-13(21-11)4-6-17(23)20-10-15(22)14-9-12(18)3-5-16(14)24-2/h3,5,7-9,15,22H,4,6,10H2,1-2H3,(H,20,23). The number of rotatable bonds is 7. The molecule has 0 aliphatic heterocycles. The number of aliphatic hydroxyl groups is 1. The number of nitrogens with zero attached hydrogens (tertiary/aromatic N) is 2. The van der Waals surface area contributed by atoms with E-state index in [2.05, 4.69) is 15.3 Å². The minimum atomic E-state index is -0.899. The molecular weight excluding hydrogens is 330 g/mol. The first kappa shape index (κ1) is 18.2. The molecule has 1 aromatic heterocycles. The highest BCUT2D eigenvalue weighted by molar-refractivity contribution is 6.30. The number of hydrogen-bond acceptors (Lipinski definition) is 5. The maximum atomic E-state index is 11.9. The molecule has 0 bridgehead atoms. The molecule has 0 aliphatic rings. The fraction of sp³-hybridized carbons (Fsp3) is 0.353. The predicted octanol–water partition coefficient (Wildman–Crippen LogP) is 2.23. The van der Waals surface area contributed by atoms with E-state index in [1.54, 1.807) is 37.4 Å². The van der Waals surface area contributed by atoms with Gasteiger partial charge < -0.3 is 15.2 Å². The Morgan fingerprint density at radius 2 is 2.21 bits per heavy atom. The topological polar surface area (TPSA) is 84.3 Å². The van der Waals surface area contributed by atoms with Crippen molar-refractivity contribution in [1.29, 1.82) is 0 Å². The Labute approximate surface area is 145 Å². The van der Waals surface area contributed by atoms with Crippen LogP contribution in [0.5, 0.6) is 5.75 Å². The first-order valence-electron chi connectivity index (χ1n) is 7.56. The van der Waals surface area contributed by atoms with E-state index in [-0.39, 0.29) is 18.9 Å². The summed E-state index contributed by atoms with van der Waals surface area (Å²) in [6, 6.07) is 6.77. The molecule has 1 heterocycles. The number of aliphatic hydroxyl groups excluding tert-OH is 1. The molecule has 0 saturated heterocycles. The lowest BCUT2D eigenvalue weighted by Gasteiger charge is -2.16. The van der Waals surface area contributed by atoms with Crippen LogP contribution < -0.4 is 10.1 Å². The highest BCUT2D eigenvalue weighted by Crippen LogP contribution is 2.27. The summed E-state index contributed by atoms with van der Waals surface area (Å²) in [6.07, 6.45) is 1.58. The Hall–Kier alpha value is -2.18. The van der Waals surface area contributed by atoms with Gasteiger partial charge >= 0.3 is 0 Å². The molecule has 7 heteroatoms. The second-order valence-corrected chi connectivity index (χ2v) is 5.74. The quantitative estimate of drug-likeness (QED) is 0.800. The van der Waals surface area contributed by atoms with Crippen LogP contribution in [0, 0.1) is 6.92 Å². The van der Waals surface area contributed by atoms with Crippen LogP contribution in [0.15, 0.2) is 30.5 Å². The summed E-state index contributed by atoms with van der Waals surface area (Å²) in [5, 5.41) is 13.5. The number of halogens is 1. The van der Waals surface area contributed by atoms with E-state index in [9.17, 15) is 9.90 Å². The molecule has 24 heavy (non-hydrogen) atoms. The molecule has 128 valence electrons. The number of methoxy groups -OCH3 is 1. The fourth-order valence-electron chi connectivity index (χ4n) is 2.26. The van der Waals surface area contributed by atoms with Crippen molar-refractivity contribution in [2.75, 3.05) is 13.7 Å². The molecule has 1 unspecified atom stereocenters. The summed E-state index contributed by atoms with van der Waals surface area (Å²) < 4.78 is 5.20. The summed E-state index contributed by atoms with van der Waals surface area (Å²) in [5.74, 6) is 1.04. The van der Waals surface area contributed by atoms with Gasteiger partial charge in [0.05, 0.1) is 13.2 Å². The van der Waals surface area contributed by atoms with Crippen LogP contribution in [0.3, 0.4) is 0 Å². The molecule has 1 amide bonds. The van der Waals surface area contributed by atoms with Crippen molar-refractivity contribution < 1.29 is 14.6 Å². The monoisotopic (exact) mass is 349 g/mol. The molecule has 1 aromatic carbocycles. The van der Waals surface area contributed by atoms with Crippen LogP contribution in [-0.2, 0) is 11.2 Å². The summed E-state index contributed by atoms with van der Waals surface area (Å²) in [6.45, 7) is 1.89. The zero-order valence-corrected chi connectivity index (χ0v) is 14.4. The maximum absolute atomic E-state index is 11.9. The van der Waals surface area contributed by atoms with Gasteiger partial charge in [0.2, 0.25) is 5.91 Å². The van der Waals surface area contributed by atoms with Gasteiger partial charge in [0.25, 0.3) is 0 Å². The zero-order chi connectivity index (χ0) is 17.5. The highest BCUT2D eigenvalue weighted by atomic mass is 35.5. The Morgan fingerprint density at radius 1 is 1.42 bits per heavy atom. The van der Waals surface area contributed by atoms with Crippen molar-refractivity contribution in [1.82, 2.24) is 15.3 Å². The predicted molar refractivity (Wildman–Crippen MR) is 91.1 cm³/mol. The Morgan fingerprint density at radius 3 is 2.92 bits per heavy atom. The van der Waals surface area contributed by atoms with Gasteiger partial charge in [0, 0.05) is 35.4 Å². The highest BCUT2D eigenvalue weighted by Gasteiger charge is 2.15. The van der Waals surface area contributed by atoms with Gasteiger partial charge in [-0.05, 0) is 37.6 Å². The van der Waals surface area contributed by atoms with Gasteiger partial charge in [-0.1, -0.05) is 11.6 Å². The van der Waals surface area contributed by atoms with E-state index in [0.29, 0.717) is 28.6 Å². The molecule has 0 spiro atoms. The van der Waals surface area contributed by atoms with Crippen molar-refractivity contribution in [3.05, 3.63) is 52.6 Å².